The summed E-state index contributed by atoms with van der Waals surface area (Å²) >= 11 is 0. The summed E-state index contributed by atoms with van der Waals surface area (Å²) in [5, 5.41) is 0. The summed E-state index contributed by atoms with van der Waals surface area (Å²) in [4.78, 5) is 23.1. The number of aliphatic imine (C=N–C) groups is 1. The Bertz CT molecular complexity index is 873. The number of nitrogens with zero attached hydrogens (tertiary/aromatic N) is 2. The first-order valence-electron chi connectivity index (χ1n) is 6.74. The van der Waals surface area contributed by atoms with Gasteiger partial charge < -0.3 is 16.5 Å². The number of hydrogen-bond donors (Lipinski definition) is 3. The lowest BCUT2D eigenvalue weighted by Gasteiger charge is -1.98. The molecule has 0 unspecified atom stereocenters. The Hall–Kier alpha value is -3.15. The summed E-state index contributed by atoms with van der Waals surface area (Å²) in [6.07, 6.45) is 0. The van der Waals surface area contributed by atoms with Gasteiger partial charge in [-0.15, -0.1) is 0 Å². The van der Waals surface area contributed by atoms with Crippen LogP contribution < -0.4 is 11.5 Å². The van der Waals surface area contributed by atoms with E-state index in [9.17, 15) is 4.79 Å². The molecular formula is C16H15N5O. The third-order valence-corrected chi connectivity index (χ3v) is 3.21. The number of H-pyrrole nitrogens is 1. The second-order valence-electron chi connectivity index (χ2n) is 4.98. The van der Waals surface area contributed by atoms with Gasteiger partial charge in [-0.1, -0.05) is 12.1 Å². The highest BCUT2D eigenvalue weighted by Gasteiger charge is 2.07. The summed E-state index contributed by atoms with van der Waals surface area (Å²) in [5.41, 5.74) is 14.6. The largest absolute Gasteiger partial charge is 0.387 e. The molecule has 5 N–H and O–H groups in total. The van der Waals surface area contributed by atoms with E-state index in [1.54, 1.807) is 31.2 Å². The molecular weight excluding hydrogens is 278 g/mol. The number of hydrogen-bond acceptors (Lipinski definition) is 3. The summed E-state index contributed by atoms with van der Waals surface area (Å²) in [6, 6.07) is 12.6. The maximum Gasteiger partial charge on any atom is 0.248 e. The van der Waals surface area contributed by atoms with Crippen molar-refractivity contribution < 1.29 is 4.79 Å². The smallest absolute Gasteiger partial charge is 0.248 e. The van der Waals surface area contributed by atoms with Crippen molar-refractivity contribution in [1.82, 2.24) is 9.97 Å². The van der Waals surface area contributed by atoms with Crippen LogP contribution >= 0.6 is 0 Å². The number of amides is 1. The Balaban J connectivity index is 2.01. The molecule has 110 valence electrons. The molecule has 0 spiro atoms. The molecule has 0 radical (unpaired) electrons. The van der Waals surface area contributed by atoms with Crippen LogP contribution in [0.3, 0.4) is 0 Å². The first-order valence-corrected chi connectivity index (χ1v) is 6.74. The zero-order valence-corrected chi connectivity index (χ0v) is 12.0. The van der Waals surface area contributed by atoms with Gasteiger partial charge in [-0.3, -0.25) is 4.79 Å². The second kappa shape index (κ2) is 5.33. The van der Waals surface area contributed by atoms with Crippen molar-refractivity contribution in [2.75, 3.05) is 0 Å². The van der Waals surface area contributed by atoms with Gasteiger partial charge in [0.2, 0.25) is 5.91 Å². The molecule has 0 saturated heterocycles. The van der Waals surface area contributed by atoms with Crippen molar-refractivity contribution in [3.05, 3.63) is 48.0 Å². The number of rotatable bonds is 3. The van der Waals surface area contributed by atoms with E-state index < -0.39 is 5.91 Å². The van der Waals surface area contributed by atoms with E-state index in [1.807, 2.05) is 18.2 Å². The van der Waals surface area contributed by atoms with Crippen LogP contribution in [0, 0.1) is 0 Å². The van der Waals surface area contributed by atoms with Crippen LogP contribution in [0.1, 0.15) is 17.3 Å². The Morgan fingerprint density at radius 1 is 1.14 bits per heavy atom. The molecule has 0 fully saturated rings. The van der Waals surface area contributed by atoms with E-state index in [-0.39, 0.29) is 0 Å². The van der Waals surface area contributed by atoms with Crippen molar-refractivity contribution in [2.24, 2.45) is 16.5 Å². The minimum atomic E-state index is -0.448. The highest BCUT2D eigenvalue weighted by molar-refractivity contribution is 5.93. The molecule has 1 aromatic heterocycles. The summed E-state index contributed by atoms with van der Waals surface area (Å²) in [5.74, 6) is 0.772. The van der Waals surface area contributed by atoms with Crippen LogP contribution in [-0.2, 0) is 0 Å². The molecule has 3 aromatic rings. The number of carbonyl (C=O) groups is 1. The van der Waals surface area contributed by atoms with E-state index in [0.29, 0.717) is 11.4 Å². The molecule has 0 saturated carbocycles. The fourth-order valence-corrected chi connectivity index (χ4v) is 2.20. The minimum absolute atomic E-state index is 0.448. The van der Waals surface area contributed by atoms with E-state index in [1.165, 1.54) is 0 Å². The molecule has 1 heterocycles. The van der Waals surface area contributed by atoms with Crippen molar-refractivity contribution in [2.45, 2.75) is 6.92 Å². The first-order chi connectivity index (χ1) is 10.5. The normalized spacial score (nSPS) is 11.8. The van der Waals surface area contributed by atoms with Crippen LogP contribution in [0.25, 0.3) is 22.4 Å². The van der Waals surface area contributed by atoms with Crippen LogP contribution in [-0.4, -0.2) is 21.7 Å². The third-order valence-electron chi connectivity index (χ3n) is 3.21. The Morgan fingerprint density at radius 3 is 2.50 bits per heavy atom. The Kier molecular flexibility index (Phi) is 3.34. The Morgan fingerprint density at radius 2 is 1.86 bits per heavy atom. The zero-order valence-electron chi connectivity index (χ0n) is 12.0. The predicted molar refractivity (Wildman–Crippen MR) is 87.0 cm³/mol. The van der Waals surface area contributed by atoms with Crippen molar-refractivity contribution in [1.29, 1.82) is 0 Å². The average molecular weight is 293 g/mol. The number of carbonyl (C=O) groups excluding carboxylic acids is 1. The van der Waals surface area contributed by atoms with Gasteiger partial charge in [-0.2, -0.15) is 0 Å². The molecule has 0 aliphatic rings. The maximum absolute atomic E-state index is 11.1. The lowest BCUT2D eigenvalue weighted by Crippen LogP contribution is -2.10. The quantitative estimate of drug-likeness (QED) is 0.509. The maximum atomic E-state index is 11.1. The monoisotopic (exact) mass is 293 g/mol. The Labute approximate surface area is 126 Å². The van der Waals surface area contributed by atoms with Crippen LogP contribution in [0.2, 0.25) is 0 Å². The van der Waals surface area contributed by atoms with E-state index in [4.69, 9.17) is 11.5 Å². The lowest BCUT2D eigenvalue weighted by atomic mass is 10.1. The molecule has 1 amide bonds. The summed E-state index contributed by atoms with van der Waals surface area (Å²) < 4.78 is 0. The first kappa shape index (κ1) is 13.8. The van der Waals surface area contributed by atoms with Crippen molar-refractivity contribution >= 4 is 28.5 Å². The van der Waals surface area contributed by atoms with Gasteiger partial charge in [0, 0.05) is 11.1 Å². The molecule has 0 bridgehead atoms. The van der Waals surface area contributed by atoms with E-state index >= 15 is 0 Å². The number of fused-ring (bicyclic) bond motifs is 1. The number of nitrogens with two attached hydrogens (primary N) is 2. The molecule has 22 heavy (non-hydrogen) atoms. The number of imidazole rings is 1. The van der Waals surface area contributed by atoms with Gasteiger partial charge in [-0.05, 0) is 37.3 Å². The van der Waals surface area contributed by atoms with Crippen LogP contribution in [0.15, 0.2) is 47.5 Å². The van der Waals surface area contributed by atoms with Gasteiger partial charge in [0.05, 0.1) is 22.6 Å². The second-order valence-corrected chi connectivity index (χ2v) is 4.98. The highest BCUT2D eigenvalue weighted by atomic mass is 16.1. The molecule has 0 atom stereocenters. The standard InChI is InChI=1S/C16H15N5O/c1-9(17)19-12-6-7-13-14(8-12)21-16(20-13)11-4-2-10(3-5-11)15(18)22/h2-8H,1H3,(H2,17,19)(H2,18,22)(H,20,21). The molecule has 0 aliphatic carbocycles. The highest BCUT2D eigenvalue weighted by Crippen LogP contribution is 2.24. The van der Waals surface area contributed by atoms with E-state index in [2.05, 4.69) is 15.0 Å². The minimum Gasteiger partial charge on any atom is -0.387 e. The molecule has 6 nitrogen and oxygen atoms in total. The third kappa shape index (κ3) is 2.67. The summed E-state index contributed by atoms with van der Waals surface area (Å²) in [7, 11) is 0. The SMILES string of the molecule is CC(N)=Nc1ccc2nc(-c3ccc(C(N)=O)cc3)[nH]c2c1. The van der Waals surface area contributed by atoms with E-state index in [0.717, 1.165) is 28.1 Å². The average Bonchev–Trinajstić information content (AvgIpc) is 2.90. The van der Waals surface area contributed by atoms with Gasteiger partial charge >= 0.3 is 0 Å². The van der Waals surface area contributed by atoms with Crippen molar-refractivity contribution in [3.63, 3.8) is 0 Å². The fourth-order valence-electron chi connectivity index (χ4n) is 2.20. The lowest BCUT2D eigenvalue weighted by molar-refractivity contribution is 0.100. The molecule has 6 heteroatoms. The molecule has 3 rings (SSSR count). The van der Waals surface area contributed by atoms with Crippen LogP contribution in [0.5, 0.6) is 0 Å². The van der Waals surface area contributed by atoms with Gasteiger partial charge in [0.15, 0.2) is 0 Å². The van der Waals surface area contributed by atoms with Crippen molar-refractivity contribution in [3.8, 4) is 11.4 Å². The number of amidine groups is 1. The zero-order chi connectivity index (χ0) is 15.7. The fraction of sp³-hybridized carbons (Fsp3) is 0.0625. The topological polar surface area (TPSA) is 110 Å². The predicted octanol–water partition coefficient (Wildman–Crippen LogP) is 2.34. The number of aromatic amines is 1. The van der Waals surface area contributed by atoms with Gasteiger partial charge in [0.1, 0.15) is 5.82 Å². The molecule has 2 aromatic carbocycles. The molecule has 0 aliphatic heterocycles. The number of primary amides is 1. The summed E-state index contributed by atoms with van der Waals surface area (Å²) in [6.45, 7) is 1.74. The number of aromatic nitrogens is 2. The van der Waals surface area contributed by atoms with Gasteiger partial charge in [-0.25, -0.2) is 9.98 Å². The van der Waals surface area contributed by atoms with Gasteiger partial charge in [0.25, 0.3) is 0 Å². The number of nitrogens with one attached hydrogen (secondary N) is 1. The number of benzene rings is 2. The van der Waals surface area contributed by atoms with Crippen LogP contribution in [0.4, 0.5) is 5.69 Å².